The van der Waals surface area contributed by atoms with Crippen molar-refractivity contribution >= 4 is 5.97 Å². The average molecular weight is 199 g/mol. The van der Waals surface area contributed by atoms with Crippen molar-refractivity contribution in [1.29, 1.82) is 0 Å². The summed E-state index contributed by atoms with van der Waals surface area (Å²) >= 11 is 0. The first-order chi connectivity index (χ1) is 6.63. The number of hydrogen-bond acceptors (Lipinski definition) is 2. The largest absolute Gasteiger partial charge is 0.478 e. The highest BCUT2D eigenvalue weighted by Gasteiger charge is 1.93. The highest BCUT2D eigenvalue weighted by molar-refractivity contribution is 5.79. The molecule has 0 aliphatic carbocycles. The Labute approximate surface area is 86.2 Å². The number of carbonyl (C=O) groups is 1. The lowest BCUT2D eigenvalue weighted by molar-refractivity contribution is -0.131. The van der Waals surface area contributed by atoms with Gasteiger partial charge in [-0.25, -0.2) is 4.79 Å². The first-order valence-electron chi connectivity index (χ1n) is 5.23. The molecule has 0 saturated carbocycles. The van der Waals surface area contributed by atoms with Gasteiger partial charge in [-0.1, -0.05) is 32.8 Å². The molecule has 3 nitrogen and oxygen atoms in total. The molecule has 0 rings (SSSR count). The second-order valence-electron chi connectivity index (χ2n) is 3.83. The van der Waals surface area contributed by atoms with Gasteiger partial charge in [0.1, 0.15) is 0 Å². The lowest BCUT2D eigenvalue weighted by Crippen LogP contribution is -2.15. The second-order valence-corrected chi connectivity index (χ2v) is 3.83. The molecule has 3 heteroatoms. The van der Waals surface area contributed by atoms with E-state index in [-0.39, 0.29) is 0 Å². The van der Waals surface area contributed by atoms with Crippen LogP contribution in [0, 0.1) is 5.92 Å². The molecule has 14 heavy (non-hydrogen) atoms. The molecule has 0 fully saturated rings. The van der Waals surface area contributed by atoms with Crippen molar-refractivity contribution in [2.75, 3.05) is 13.1 Å². The van der Waals surface area contributed by atoms with E-state index in [1.807, 2.05) is 0 Å². The first kappa shape index (κ1) is 13.2. The maximum absolute atomic E-state index is 10.1. The zero-order valence-electron chi connectivity index (χ0n) is 9.12. The van der Waals surface area contributed by atoms with E-state index >= 15 is 0 Å². The van der Waals surface area contributed by atoms with E-state index in [2.05, 4.69) is 19.2 Å². The molecule has 0 atom stereocenters. The van der Waals surface area contributed by atoms with Crippen molar-refractivity contribution in [3.05, 3.63) is 12.2 Å². The van der Waals surface area contributed by atoms with Crippen LogP contribution in [0.2, 0.25) is 0 Å². The molecular weight excluding hydrogens is 178 g/mol. The van der Waals surface area contributed by atoms with E-state index < -0.39 is 5.97 Å². The van der Waals surface area contributed by atoms with Crippen LogP contribution in [0.3, 0.4) is 0 Å². The Hall–Kier alpha value is -0.830. The molecule has 0 aromatic rings. The second kappa shape index (κ2) is 8.75. The smallest absolute Gasteiger partial charge is 0.328 e. The number of hydrogen-bond donors (Lipinski definition) is 2. The van der Waals surface area contributed by atoms with Gasteiger partial charge in [-0.2, -0.15) is 0 Å². The Morgan fingerprint density at radius 1 is 1.43 bits per heavy atom. The van der Waals surface area contributed by atoms with Crippen molar-refractivity contribution in [3.63, 3.8) is 0 Å². The number of rotatable bonds is 8. The predicted octanol–water partition coefficient (Wildman–Crippen LogP) is 2.04. The van der Waals surface area contributed by atoms with Crippen LogP contribution < -0.4 is 5.32 Å². The Bertz CT molecular complexity index is 176. The van der Waals surface area contributed by atoms with Crippen molar-refractivity contribution in [2.24, 2.45) is 5.92 Å². The molecule has 0 bridgehead atoms. The third-order valence-corrected chi connectivity index (χ3v) is 1.91. The molecule has 0 aromatic carbocycles. The highest BCUT2D eigenvalue weighted by atomic mass is 16.4. The molecule has 82 valence electrons. The third kappa shape index (κ3) is 11.2. The van der Waals surface area contributed by atoms with Gasteiger partial charge in [0.15, 0.2) is 0 Å². The van der Waals surface area contributed by atoms with Crippen LogP contribution in [-0.4, -0.2) is 24.2 Å². The van der Waals surface area contributed by atoms with Crippen molar-refractivity contribution < 1.29 is 9.90 Å². The quantitative estimate of drug-likeness (QED) is 0.464. The summed E-state index contributed by atoms with van der Waals surface area (Å²) in [5.41, 5.74) is 0. The summed E-state index contributed by atoms with van der Waals surface area (Å²) < 4.78 is 0. The lowest BCUT2D eigenvalue weighted by Gasteiger charge is -2.04. The summed E-state index contributed by atoms with van der Waals surface area (Å²) in [5, 5.41) is 11.5. The molecule has 0 aromatic heterocycles. The SMILES string of the molecule is CC(C)CCCCNC/C=C/C(=O)O. The number of unbranched alkanes of at least 4 members (excludes halogenated alkanes) is 1. The summed E-state index contributed by atoms with van der Waals surface area (Å²) in [6.07, 6.45) is 6.48. The van der Waals surface area contributed by atoms with Gasteiger partial charge in [0.25, 0.3) is 0 Å². The number of nitrogens with one attached hydrogen (secondary N) is 1. The minimum Gasteiger partial charge on any atom is -0.478 e. The van der Waals surface area contributed by atoms with E-state index in [1.165, 1.54) is 25.3 Å². The molecule has 0 aliphatic rings. The Morgan fingerprint density at radius 2 is 2.14 bits per heavy atom. The zero-order valence-corrected chi connectivity index (χ0v) is 9.12. The van der Waals surface area contributed by atoms with Gasteiger partial charge in [-0.05, 0) is 18.9 Å². The average Bonchev–Trinajstić information content (AvgIpc) is 2.08. The van der Waals surface area contributed by atoms with Crippen LogP contribution in [0.15, 0.2) is 12.2 Å². The molecule has 0 spiro atoms. The molecule has 0 amide bonds. The van der Waals surface area contributed by atoms with Crippen LogP contribution >= 0.6 is 0 Å². The van der Waals surface area contributed by atoms with Gasteiger partial charge >= 0.3 is 5.97 Å². The molecule has 0 heterocycles. The fraction of sp³-hybridized carbons (Fsp3) is 0.727. The Morgan fingerprint density at radius 3 is 2.71 bits per heavy atom. The maximum Gasteiger partial charge on any atom is 0.328 e. The van der Waals surface area contributed by atoms with Gasteiger partial charge in [-0.15, -0.1) is 0 Å². The van der Waals surface area contributed by atoms with Crippen LogP contribution in [0.1, 0.15) is 33.1 Å². The van der Waals surface area contributed by atoms with E-state index in [1.54, 1.807) is 6.08 Å². The first-order valence-corrected chi connectivity index (χ1v) is 5.23. The summed E-state index contributed by atoms with van der Waals surface area (Å²) in [5.74, 6) is -0.103. The van der Waals surface area contributed by atoms with E-state index in [4.69, 9.17) is 5.11 Å². The molecule has 2 N–H and O–H groups in total. The predicted molar refractivity (Wildman–Crippen MR) is 58.3 cm³/mol. The van der Waals surface area contributed by atoms with Crippen LogP contribution in [-0.2, 0) is 4.79 Å². The van der Waals surface area contributed by atoms with Crippen molar-refractivity contribution in [2.45, 2.75) is 33.1 Å². The van der Waals surface area contributed by atoms with Gasteiger partial charge < -0.3 is 10.4 Å². The standard InChI is InChI=1S/C11H21NO2/c1-10(2)6-3-4-8-12-9-5-7-11(13)14/h5,7,10,12H,3-4,6,8-9H2,1-2H3,(H,13,14)/b7-5+. The van der Waals surface area contributed by atoms with E-state index in [0.29, 0.717) is 6.54 Å². The van der Waals surface area contributed by atoms with Crippen LogP contribution in [0.25, 0.3) is 0 Å². The fourth-order valence-electron chi connectivity index (χ4n) is 1.15. The van der Waals surface area contributed by atoms with Gasteiger partial charge in [-0.3, -0.25) is 0 Å². The van der Waals surface area contributed by atoms with Gasteiger partial charge in [0.05, 0.1) is 0 Å². The van der Waals surface area contributed by atoms with E-state index in [0.717, 1.165) is 12.5 Å². The summed E-state index contributed by atoms with van der Waals surface area (Å²) in [7, 11) is 0. The summed E-state index contributed by atoms with van der Waals surface area (Å²) in [4.78, 5) is 10.1. The van der Waals surface area contributed by atoms with Gasteiger partial charge in [0, 0.05) is 12.6 Å². The number of carboxylic acid groups (broad SMARTS) is 1. The molecule has 0 saturated heterocycles. The summed E-state index contributed by atoms with van der Waals surface area (Å²) in [6.45, 7) is 6.07. The lowest BCUT2D eigenvalue weighted by atomic mass is 10.1. The minimum absolute atomic E-state index is 0.647. The topological polar surface area (TPSA) is 49.3 Å². The zero-order chi connectivity index (χ0) is 10.8. The molecule has 0 radical (unpaired) electrons. The normalized spacial score (nSPS) is 11.4. The maximum atomic E-state index is 10.1. The highest BCUT2D eigenvalue weighted by Crippen LogP contribution is 2.04. The fourth-order valence-corrected chi connectivity index (χ4v) is 1.15. The monoisotopic (exact) mass is 199 g/mol. The van der Waals surface area contributed by atoms with Crippen LogP contribution in [0.4, 0.5) is 0 Å². The molecular formula is C11H21NO2. The van der Waals surface area contributed by atoms with Crippen molar-refractivity contribution in [1.82, 2.24) is 5.32 Å². The third-order valence-electron chi connectivity index (χ3n) is 1.91. The van der Waals surface area contributed by atoms with Gasteiger partial charge in [0.2, 0.25) is 0 Å². The number of aliphatic carboxylic acids is 1. The molecule has 0 aliphatic heterocycles. The van der Waals surface area contributed by atoms with E-state index in [9.17, 15) is 4.79 Å². The number of carboxylic acids is 1. The Balaban J connectivity index is 3.10. The minimum atomic E-state index is -0.883. The summed E-state index contributed by atoms with van der Waals surface area (Å²) in [6, 6.07) is 0. The Kier molecular flexibility index (Phi) is 8.24. The van der Waals surface area contributed by atoms with Crippen LogP contribution in [0.5, 0.6) is 0 Å². The molecule has 0 unspecified atom stereocenters. The van der Waals surface area contributed by atoms with Crippen molar-refractivity contribution in [3.8, 4) is 0 Å².